The monoisotopic (exact) mass is 215 g/mol. The summed E-state index contributed by atoms with van der Waals surface area (Å²) in [5, 5.41) is 5.35. The van der Waals surface area contributed by atoms with Crippen LogP contribution in [0.15, 0.2) is 16.7 Å². The topological polar surface area (TPSA) is 26.0 Å². The zero-order valence-corrected chi connectivity index (χ0v) is 9.92. The molecule has 16 heavy (non-hydrogen) atoms. The van der Waals surface area contributed by atoms with E-state index in [2.05, 4.69) is 24.2 Å². The first-order valence-corrected chi connectivity index (χ1v) is 6.12. The van der Waals surface area contributed by atoms with Gasteiger partial charge in [-0.2, -0.15) is 0 Å². The Morgan fingerprint density at radius 2 is 2.25 bits per heavy atom. The zero-order valence-electron chi connectivity index (χ0n) is 9.92. The third kappa shape index (κ3) is 1.44. The molecule has 0 amide bonds. The van der Waals surface area contributed by atoms with Crippen molar-refractivity contribution in [3.63, 3.8) is 0 Å². The third-order valence-corrected chi connectivity index (χ3v) is 3.71. The van der Waals surface area contributed by atoms with Crippen molar-refractivity contribution in [2.45, 2.75) is 39.5 Å². The van der Waals surface area contributed by atoms with Gasteiger partial charge in [-0.1, -0.05) is 24.6 Å². The number of rotatable bonds is 0. The lowest BCUT2D eigenvalue weighted by Crippen LogP contribution is -1.97. The standard InChI is InChI=1S/C14H17NO/c1-9-4-3-5-12-11(8-9)6-7-13-14(12)10(2)15-16-13/h6-7,9H,3-5,8H2,1-2H3. The Balaban J connectivity index is 2.24. The molecular weight excluding hydrogens is 198 g/mol. The van der Waals surface area contributed by atoms with E-state index in [1.807, 2.05) is 6.92 Å². The number of aryl methyl sites for hydroxylation is 2. The maximum atomic E-state index is 5.33. The first kappa shape index (κ1) is 9.88. The van der Waals surface area contributed by atoms with E-state index < -0.39 is 0 Å². The summed E-state index contributed by atoms with van der Waals surface area (Å²) in [6.45, 7) is 4.39. The van der Waals surface area contributed by atoms with Crippen LogP contribution >= 0.6 is 0 Å². The predicted molar refractivity (Wildman–Crippen MR) is 64.6 cm³/mol. The van der Waals surface area contributed by atoms with Gasteiger partial charge < -0.3 is 4.52 Å². The van der Waals surface area contributed by atoms with Crippen LogP contribution in [0, 0.1) is 12.8 Å². The van der Waals surface area contributed by atoms with Crippen LogP contribution in [0.3, 0.4) is 0 Å². The van der Waals surface area contributed by atoms with Crippen molar-refractivity contribution in [1.82, 2.24) is 5.16 Å². The molecule has 1 aliphatic rings. The van der Waals surface area contributed by atoms with Crippen LogP contribution in [-0.2, 0) is 12.8 Å². The Bertz CT molecular complexity index is 527. The van der Waals surface area contributed by atoms with E-state index in [-0.39, 0.29) is 0 Å². The van der Waals surface area contributed by atoms with Crippen LogP contribution < -0.4 is 0 Å². The average molecular weight is 215 g/mol. The molecule has 0 aliphatic heterocycles. The largest absolute Gasteiger partial charge is 0.356 e. The number of nitrogens with zero attached hydrogens (tertiary/aromatic N) is 1. The van der Waals surface area contributed by atoms with Gasteiger partial charge in [-0.3, -0.25) is 0 Å². The van der Waals surface area contributed by atoms with Crippen LogP contribution in [0.4, 0.5) is 0 Å². The van der Waals surface area contributed by atoms with Gasteiger partial charge in [0.25, 0.3) is 0 Å². The van der Waals surface area contributed by atoms with Crippen LogP contribution in [0.5, 0.6) is 0 Å². The number of hydrogen-bond donors (Lipinski definition) is 0. The minimum absolute atomic E-state index is 0.805. The summed E-state index contributed by atoms with van der Waals surface area (Å²) < 4.78 is 5.33. The van der Waals surface area contributed by atoms with Gasteiger partial charge in [-0.15, -0.1) is 0 Å². The normalized spacial score (nSPS) is 20.8. The van der Waals surface area contributed by atoms with E-state index in [1.165, 1.54) is 42.2 Å². The molecule has 0 bridgehead atoms. The Hall–Kier alpha value is -1.31. The quantitative estimate of drug-likeness (QED) is 0.627. The van der Waals surface area contributed by atoms with Crippen molar-refractivity contribution in [2.24, 2.45) is 5.92 Å². The second-order valence-electron chi connectivity index (χ2n) is 5.05. The van der Waals surface area contributed by atoms with Crippen molar-refractivity contribution in [3.05, 3.63) is 29.0 Å². The van der Waals surface area contributed by atoms with E-state index in [0.29, 0.717) is 0 Å². The fourth-order valence-electron chi connectivity index (χ4n) is 2.89. The van der Waals surface area contributed by atoms with Crippen molar-refractivity contribution in [2.75, 3.05) is 0 Å². The molecule has 2 nitrogen and oxygen atoms in total. The SMILES string of the molecule is Cc1noc2ccc3c(c12)CCCC(C)C3. The van der Waals surface area contributed by atoms with Crippen LogP contribution in [0.2, 0.25) is 0 Å². The van der Waals surface area contributed by atoms with E-state index in [9.17, 15) is 0 Å². The molecule has 0 saturated carbocycles. The van der Waals surface area contributed by atoms with Crippen molar-refractivity contribution >= 4 is 11.0 Å². The Morgan fingerprint density at radius 1 is 1.38 bits per heavy atom. The van der Waals surface area contributed by atoms with Gasteiger partial charge in [0.05, 0.1) is 5.69 Å². The van der Waals surface area contributed by atoms with Gasteiger partial charge in [-0.25, -0.2) is 0 Å². The first-order chi connectivity index (χ1) is 7.75. The highest BCUT2D eigenvalue weighted by molar-refractivity contribution is 5.84. The molecule has 3 rings (SSSR count). The lowest BCUT2D eigenvalue weighted by molar-refractivity contribution is 0.450. The molecule has 2 aromatic rings. The summed E-state index contributed by atoms with van der Waals surface area (Å²) in [6, 6.07) is 4.30. The van der Waals surface area contributed by atoms with Crippen LogP contribution in [-0.4, -0.2) is 5.16 Å². The Labute approximate surface area is 95.6 Å². The summed E-state index contributed by atoms with van der Waals surface area (Å²) in [5.74, 6) is 0.805. The van der Waals surface area contributed by atoms with Crippen molar-refractivity contribution < 1.29 is 4.52 Å². The number of aromatic nitrogens is 1. The number of benzene rings is 1. The van der Waals surface area contributed by atoms with Gasteiger partial charge in [0.1, 0.15) is 0 Å². The molecule has 1 heterocycles. The minimum Gasteiger partial charge on any atom is -0.356 e. The molecule has 1 unspecified atom stereocenters. The maximum absolute atomic E-state index is 5.33. The predicted octanol–water partition coefficient (Wildman–Crippen LogP) is 3.65. The average Bonchev–Trinajstić information content (AvgIpc) is 2.53. The van der Waals surface area contributed by atoms with Gasteiger partial charge >= 0.3 is 0 Å². The second-order valence-corrected chi connectivity index (χ2v) is 5.05. The van der Waals surface area contributed by atoms with Gasteiger partial charge in [-0.05, 0) is 49.3 Å². The van der Waals surface area contributed by atoms with E-state index in [1.54, 1.807) is 0 Å². The highest BCUT2D eigenvalue weighted by Gasteiger charge is 2.18. The number of hydrogen-bond acceptors (Lipinski definition) is 2. The van der Waals surface area contributed by atoms with E-state index in [4.69, 9.17) is 4.52 Å². The molecule has 1 aromatic heterocycles. The lowest BCUT2D eigenvalue weighted by Gasteiger charge is -2.08. The fourth-order valence-corrected chi connectivity index (χ4v) is 2.89. The summed E-state index contributed by atoms with van der Waals surface area (Å²) in [7, 11) is 0. The highest BCUT2D eigenvalue weighted by atomic mass is 16.5. The summed E-state index contributed by atoms with van der Waals surface area (Å²) in [6.07, 6.45) is 5.01. The summed E-state index contributed by atoms with van der Waals surface area (Å²) >= 11 is 0. The smallest absolute Gasteiger partial charge is 0.167 e. The third-order valence-electron chi connectivity index (χ3n) is 3.71. The van der Waals surface area contributed by atoms with Crippen LogP contribution in [0.1, 0.15) is 36.6 Å². The van der Waals surface area contributed by atoms with Gasteiger partial charge in [0.2, 0.25) is 0 Å². The highest BCUT2D eigenvalue weighted by Crippen LogP contribution is 2.31. The zero-order chi connectivity index (χ0) is 11.1. The molecule has 1 aliphatic carbocycles. The summed E-state index contributed by atoms with van der Waals surface area (Å²) in [5.41, 5.74) is 4.98. The van der Waals surface area contributed by atoms with Crippen molar-refractivity contribution in [3.8, 4) is 0 Å². The molecule has 1 aromatic carbocycles. The fraction of sp³-hybridized carbons (Fsp3) is 0.500. The van der Waals surface area contributed by atoms with Crippen LogP contribution in [0.25, 0.3) is 11.0 Å². The molecule has 0 N–H and O–H groups in total. The molecule has 0 spiro atoms. The van der Waals surface area contributed by atoms with E-state index in [0.717, 1.165) is 17.2 Å². The molecule has 0 saturated heterocycles. The lowest BCUT2D eigenvalue weighted by atomic mass is 9.96. The van der Waals surface area contributed by atoms with E-state index >= 15 is 0 Å². The molecule has 1 atom stereocenters. The first-order valence-electron chi connectivity index (χ1n) is 6.12. The summed E-state index contributed by atoms with van der Waals surface area (Å²) in [4.78, 5) is 0. The van der Waals surface area contributed by atoms with Crippen molar-refractivity contribution in [1.29, 1.82) is 0 Å². The molecule has 0 radical (unpaired) electrons. The number of fused-ring (bicyclic) bond motifs is 3. The molecule has 2 heteroatoms. The second kappa shape index (κ2) is 3.62. The minimum atomic E-state index is 0.805. The van der Waals surface area contributed by atoms with Gasteiger partial charge in [0, 0.05) is 5.39 Å². The Kier molecular flexibility index (Phi) is 2.23. The van der Waals surface area contributed by atoms with Gasteiger partial charge in [0.15, 0.2) is 5.58 Å². The molecule has 84 valence electrons. The Morgan fingerprint density at radius 3 is 3.12 bits per heavy atom. The molecular formula is C14H17NO. The maximum Gasteiger partial charge on any atom is 0.167 e. The molecule has 0 fully saturated rings.